The topological polar surface area (TPSA) is 52.1 Å². The second-order valence-electron chi connectivity index (χ2n) is 8.09. The SMILES string of the molecule is CCNC(=NCC1(N(C)C)CCOCC1)NCCCN1CCCCC1C. The van der Waals surface area contributed by atoms with E-state index < -0.39 is 0 Å². The van der Waals surface area contributed by atoms with Crippen LogP contribution >= 0.6 is 0 Å². The van der Waals surface area contributed by atoms with Crippen LogP contribution in [0, 0.1) is 0 Å². The maximum Gasteiger partial charge on any atom is 0.191 e. The zero-order valence-electron chi connectivity index (χ0n) is 17.5. The lowest BCUT2D eigenvalue weighted by Gasteiger charge is -2.41. The fourth-order valence-electron chi connectivity index (χ4n) is 4.04. The second-order valence-corrected chi connectivity index (χ2v) is 8.09. The van der Waals surface area contributed by atoms with Gasteiger partial charge in [-0.3, -0.25) is 4.99 Å². The van der Waals surface area contributed by atoms with Gasteiger partial charge in [0.15, 0.2) is 5.96 Å². The lowest BCUT2D eigenvalue weighted by Crippen LogP contribution is -2.51. The van der Waals surface area contributed by atoms with Gasteiger partial charge in [0.25, 0.3) is 0 Å². The molecule has 0 aromatic rings. The van der Waals surface area contributed by atoms with Crippen LogP contribution in [0.5, 0.6) is 0 Å². The Hall–Kier alpha value is -0.850. The van der Waals surface area contributed by atoms with Gasteiger partial charge in [-0.15, -0.1) is 0 Å². The van der Waals surface area contributed by atoms with Gasteiger partial charge in [-0.2, -0.15) is 0 Å². The molecule has 6 heteroatoms. The van der Waals surface area contributed by atoms with Crippen LogP contribution in [0.15, 0.2) is 4.99 Å². The quantitative estimate of drug-likeness (QED) is 0.390. The molecule has 2 aliphatic heterocycles. The van der Waals surface area contributed by atoms with Gasteiger partial charge in [-0.05, 0) is 66.6 Å². The first-order valence-electron chi connectivity index (χ1n) is 10.6. The maximum absolute atomic E-state index is 5.56. The van der Waals surface area contributed by atoms with Crippen molar-refractivity contribution in [1.29, 1.82) is 0 Å². The molecule has 0 bridgehead atoms. The standard InChI is InChI=1S/C20H41N5O/c1-5-21-19(22-12-8-14-25-13-7-6-9-18(25)2)23-17-20(24(3)4)10-15-26-16-11-20/h18H,5-17H2,1-4H3,(H2,21,22,23). The Morgan fingerprint density at radius 1 is 1.23 bits per heavy atom. The first-order valence-corrected chi connectivity index (χ1v) is 10.6. The molecule has 0 aromatic carbocycles. The molecule has 1 unspecified atom stereocenters. The molecule has 2 saturated heterocycles. The summed E-state index contributed by atoms with van der Waals surface area (Å²) in [6.07, 6.45) is 7.38. The average Bonchev–Trinajstić information content (AvgIpc) is 2.65. The van der Waals surface area contributed by atoms with E-state index in [1.807, 2.05) is 0 Å². The molecule has 0 spiro atoms. The van der Waals surface area contributed by atoms with Gasteiger partial charge in [0, 0.05) is 44.4 Å². The van der Waals surface area contributed by atoms with Gasteiger partial charge in [0.1, 0.15) is 0 Å². The predicted molar refractivity (Wildman–Crippen MR) is 110 cm³/mol. The molecule has 0 aromatic heterocycles. The summed E-state index contributed by atoms with van der Waals surface area (Å²) in [6, 6.07) is 0.749. The van der Waals surface area contributed by atoms with Crippen molar-refractivity contribution < 1.29 is 4.74 Å². The van der Waals surface area contributed by atoms with Crippen molar-refractivity contribution in [3.63, 3.8) is 0 Å². The summed E-state index contributed by atoms with van der Waals surface area (Å²) in [5.41, 5.74) is 0.129. The molecule has 2 N–H and O–H groups in total. The average molecular weight is 368 g/mol. The molecule has 2 heterocycles. The molecule has 0 radical (unpaired) electrons. The van der Waals surface area contributed by atoms with Gasteiger partial charge < -0.3 is 25.2 Å². The van der Waals surface area contributed by atoms with E-state index in [0.717, 1.165) is 57.7 Å². The van der Waals surface area contributed by atoms with Crippen LogP contribution in [0.3, 0.4) is 0 Å². The van der Waals surface area contributed by atoms with Gasteiger partial charge >= 0.3 is 0 Å². The molecular weight excluding hydrogens is 326 g/mol. The van der Waals surface area contributed by atoms with Crippen molar-refractivity contribution in [2.75, 3.05) is 60.0 Å². The fourth-order valence-corrected chi connectivity index (χ4v) is 4.04. The Morgan fingerprint density at radius 2 is 2.00 bits per heavy atom. The zero-order valence-corrected chi connectivity index (χ0v) is 17.5. The van der Waals surface area contributed by atoms with E-state index in [1.54, 1.807) is 0 Å². The number of likely N-dealkylation sites (N-methyl/N-ethyl adjacent to an activating group) is 1. The minimum absolute atomic E-state index is 0.129. The van der Waals surface area contributed by atoms with Crippen LogP contribution in [0.4, 0.5) is 0 Å². The highest BCUT2D eigenvalue weighted by Gasteiger charge is 2.34. The molecule has 26 heavy (non-hydrogen) atoms. The van der Waals surface area contributed by atoms with E-state index in [4.69, 9.17) is 9.73 Å². The number of likely N-dealkylation sites (tertiary alicyclic amines) is 1. The molecule has 2 aliphatic rings. The summed E-state index contributed by atoms with van der Waals surface area (Å²) in [5, 5.41) is 6.93. The van der Waals surface area contributed by atoms with Crippen molar-refractivity contribution in [3.05, 3.63) is 0 Å². The third-order valence-corrected chi connectivity index (χ3v) is 6.10. The monoisotopic (exact) mass is 367 g/mol. The molecule has 1 atom stereocenters. The highest BCUT2D eigenvalue weighted by Crippen LogP contribution is 2.26. The zero-order chi connectivity index (χ0) is 18.8. The van der Waals surface area contributed by atoms with Gasteiger partial charge in [0.05, 0.1) is 6.54 Å². The van der Waals surface area contributed by atoms with E-state index in [-0.39, 0.29) is 5.54 Å². The highest BCUT2D eigenvalue weighted by molar-refractivity contribution is 5.79. The van der Waals surface area contributed by atoms with E-state index in [2.05, 4.69) is 48.4 Å². The molecule has 6 nitrogen and oxygen atoms in total. The van der Waals surface area contributed by atoms with Crippen molar-refractivity contribution >= 4 is 5.96 Å². The van der Waals surface area contributed by atoms with Crippen molar-refractivity contribution in [2.45, 2.75) is 64.0 Å². The number of ether oxygens (including phenoxy) is 1. The van der Waals surface area contributed by atoms with Crippen molar-refractivity contribution in [3.8, 4) is 0 Å². The summed E-state index contributed by atoms with van der Waals surface area (Å²) in [5.74, 6) is 0.951. The first kappa shape index (κ1) is 21.5. The third-order valence-electron chi connectivity index (χ3n) is 6.10. The van der Waals surface area contributed by atoms with Gasteiger partial charge in [-0.1, -0.05) is 6.42 Å². The first-order chi connectivity index (χ1) is 12.6. The number of hydrogen-bond acceptors (Lipinski definition) is 4. The van der Waals surface area contributed by atoms with E-state index in [9.17, 15) is 0 Å². The molecular formula is C20H41N5O. The second kappa shape index (κ2) is 11.1. The Labute approximate surface area is 160 Å². The Morgan fingerprint density at radius 3 is 2.65 bits per heavy atom. The smallest absolute Gasteiger partial charge is 0.191 e. The summed E-state index contributed by atoms with van der Waals surface area (Å²) >= 11 is 0. The number of rotatable bonds is 8. The summed E-state index contributed by atoms with van der Waals surface area (Å²) in [6.45, 7) is 11.3. The van der Waals surface area contributed by atoms with E-state index in [0.29, 0.717) is 0 Å². The van der Waals surface area contributed by atoms with Crippen LogP contribution in [-0.2, 0) is 4.74 Å². The Bertz CT molecular complexity index is 420. The lowest BCUT2D eigenvalue weighted by molar-refractivity contribution is -0.00254. The Kier molecular flexibility index (Phi) is 9.16. The van der Waals surface area contributed by atoms with Crippen molar-refractivity contribution in [1.82, 2.24) is 20.4 Å². The number of nitrogens with one attached hydrogen (secondary N) is 2. The van der Waals surface area contributed by atoms with Crippen LogP contribution in [0.1, 0.15) is 52.4 Å². The van der Waals surface area contributed by atoms with Crippen molar-refractivity contribution in [2.24, 2.45) is 4.99 Å². The minimum atomic E-state index is 0.129. The van der Waals surface area contributed by atoms with E-state index in [1.165, 1.54) is 38.8 Å². The number of hydrogen-bond donors (Lipinski definition) is 2. The van der Waals surface area contributed by atoms with E-state index >= 15 is 0 Å². The lowest BCUT2D eigenvalue weighted by atomic mass is 9.89. The Balaban J connectivity index is 1.80. The van der Waals surface area contributed by atoms with Gasteiger partial charge in [0.2, 0.25) is 0 Å². The summed E-state index contributed by atoms with van der Waals surface area (Å²) in [7, 11) is 4.34. The normalized spacial score (nSPS) is 24.7. The van der Waals surface area contributed by atoms with Crippen LogP contribution in [0.2, 0.25) is 0 Å². The maximum atomic E-state index is 5.56. The van der Waals surface area contributed by atoms with Crippen LogP contribution in [0.25, 0.3) is 0 Å². The largest absolute Gasteiger partial charge is 0.381 e. The molecule has 0 saturated carbocycles. The highest BCUT2D eigenvalue weighted by atomic mass is 16.5. The van der Waals surface area contributed by atoms with Crippen LogP contribution < -0.4 is 10.6 Å². The predicted octanol–water partition coefficient (Wildman–Crippen LogP) is 1.92. The third kappa shape index (κ3) is 6.39. The molecule has 2 fully saturated rings. The number of aliphatic imine (C=N–C) groups is 1. The van der Waals surface area contributed by atoms with Crippen LogP contribution in [-0.4, -0.2) is 87.4 Å². The molecule has 0 amide bonds. The van der Waals surface area contributed by atoms with Gasteiger partial charge in [-0.25, -0.2) is 0 Å². The molecule has 2 rings (SSSR count). The summed E-state index contributed by atoms with van der Waals surface area (Å²) < 4.78 is 5.56. The summed E-state index contributed by atoms with van der Waals surface area (Å²) in [4.78, 5) is 9.88. The minimum Gasteiger partial charge on any atom is -0.381 e. The number of guanidine groups is 1. The molecule has 152 valence electrons. The number of nitrogens with zero attached hydrogens (tertiary/aromatic N) is 3. The molecule has 0 aliphatic carbocycles. The fraction of sp³-hybridized carbons (Fsp3) is 0.950. The number of piperidine rings is 1.